The monoisotopic (exact) mass is 493 g/mol. The summed E-state index contributed by atoms with van der Waals surface area (Å²) in [6.07, 6.45) is 6.66. The van der Waals surface area contributed by atoms with Crippen LogP contribution >= 0.6 is 11.3 Å². The van der Waals surface area contributed by atoms with Crippen molar-refractivity contribution in [2.75, 3.05) is 11.4 Å². The van der Waals surface area contributed by atoms with Crippen molar-refractivity contribution < 1.29 is 18.8 Å². The maximum Gasteiger partial charge on any atom is 0.261 e. The Morgan fingerprint density at radius 3 is 2.57 bits per heavy atom. The molecule has 1 saturated carbocycles. The molecule has 184 valence electrons. The highest BCUT2D eigenvalue weighted by atomic mass is 32.1. The van der Waals surface area contributed by atoms with Crippen LogP contribution in [0.1, 0.15) is 64.7 Å². The fraction of sp³-hybridized carbons (Fsp3) is 0.370. The molecule has 0 unspecified atom stereocenters. The predicted molar refractivity (Wildman–Crippen MR) is 137 cm³/mol. The zero-order valence-electron chi connectivity index (χ0n) is 20.1. The van der Waals surface area contributed by atoms with Gasteiger partial charge in [0.2, 0.25) is 5.91 Å². The Morgan fingerprint density at radius 2 is 1.89 bits per heavy atom. The van der Waals surface area contributed by atoms with Crippen LogP contribution in [-0.2, 0) is 9.59 Å². The molecule has 2 aromatic heterocycles. The van der Waals surface area contributed by atoms with Gasteiger partial charge in [-0.1, -0.05) is 37.5 Å². The Labute approximate surface area is 209 Å². The first kappa shape index (κ1) is 24.7. The Balaban J connectivity index is 1.67. The van der Waals surface area contributed by atoms with E-state index in [1.807, 2.05) is 37.4 Å². The summed E-state index contributed by atoms with van der Waals surface area (Å²) < 4.78 is 5.67. The lowest BCUT2D eigenvalue weighted by molar-refractivity contribution is -0.127. The number of nitrogens with one attached hydrogen (secondary N) is 2. The zero-order valence-corrected chi connectivity index (χ0v) is 20.9. The molecule has 7 nitrogen and oxygen atoms in total. The van der Waals surface area contributed by atoms with Gasteiger partial charge in [0, 0.05) is 11.7 Å². The van der Waals surface area contributed by atoms with E-state index in [2.05, 4.69) is 10.6 Å². The maximum atomic E-state index is 13.7. The van der Waals surface area contributed by atoms with Crippen LogP contribution in [0.15, 0.2) is 58.5 Å². The predicted octanol–water partition coefficient (Wildman–Crippen LogP) is 4.91. The number of benzene rings is 1. The number of carbonyl (C=O) groups is 3. The van der Waals surface area contributed by atoms with Crippen LogP contribution in [0.5, 0.6) is 0 Å². The summed E-state index contributed by atoms with van der Waals surface area (Å²) in [5.41, 5.74) is 2.41. The highest BCUT2D eigenvalue weighted by molar-refractivity contribution is 7.12. The minimum Gasteiger partial charge on any atom is -0.467 e. The Kier molecular flexibility index (Phi) is 8.02. The first-order chi connectivity index (χ1) is 16.9. The fourth-order valence-corrected chi connectivity index (χ4v) is 5.12. The van der Waals surface area contributed by atoms with Crippen LogP contribution in [0.25, 0.3) is 0 Å². The molecule has 1 aliphatic rings. The van der Waals surface area contributed by atoms with E-state index in [1.165, 1.54) is 28.9 Å². The standard InChI is InChI=1S/C27H31N3O4S/c1-18-12-13-19(2)21(16-18)30(24(31)17-28-26(32)23-11-7-15-35-23)25(22-10-6-14-34-22)27(33)29-20-8-4-3-5-9-20/h6-7,10-16,20,25H,3-5,8-9,17H2,1-2H3,(H,28,32)(H,29,33)/t25-/m1/s1. The summed E-state index contributed by atoms with van der Waals surface area (Å²) in [5, 5.41) is 7.67. The van der Waals surface area contributed by atoms with E-state index < -0.39 is 11.9 Å². The van der Waals surface area contributed by atoms with Gasteiger partial charge in [-0.3, -0.25) is 19.3 Å². The summed E-state index contributed by atoms with van der Waals surface area (Å²) in [5.74, 6) is -0.637. The smallest absolute Gasteiger partial charge is 0.261 e. The number of thiophene rings is 1. The molecule has 1 fully saturated rings. The third-order valence-electron chi connectivity index (χ3n) is 6.31. The Morgan fingerprint density at radius 1 is 1.09 bits per heavy atom. The average Bonchev–Trinajstić information content (AvgIpc) is 3.58. The van der Waals surface area contributed by atoms with Crippen molar-refractivity contribution in [1.29, 1.82) is 0 Å². The molecule has 3 aromatic rings. The topological polar surface area (TPSA) is 91.7 Å². The van der Waals surface area contributed by atoms with Gasteiger partial charge in [0.05, 0.1) is 17.7 Å². The molecule has 1 atom stereocenters. The molecular weight excluding hydrogens is 462 g/mol. The lowest BCUT2D eigenvalue weighted by Crippen LogP contribution is -2.49. The van der Waals surface area contributed by atoms with Gasteiger partial charge in [0.15, 0.2) is 6.04 Å². The van der Waals surface area contributed by atoms with Crippen molar-refractivity contribution >= 4 is 34.7 Å². The van der Waals surface area contributed by atoms with Crippen molar-refractivity contribution in [2.24, 2.45) is 0 Å². The second-order valence-corrected chi connectivity index (χ2v) is 9.92. The van der Waals surface area contributed by atoms with Crippen LogP contribution in [0.4, 0.5) is 5.69 Å². The summed E-state index contributed by atoms with van der Waals surface area (Å²) in [6, 6.07) is 11.8. The summed E-state index contributed by atoms with van der Waals surface area (Å²) in [6.45, 7) is 3.59. The van der Waals surface area contributed by atoms with Crippen LogP contribution in [0, 0.1) is 13.8 Å². The van der Waals surface area contributed by atoms with Crippen LogP contribution < -0.4 is 15.5 Å². The van der Waals surface area contributed by atoms with E-state index >= 15 is 0 Å². The van der Waals surface area contributed by atoms with E-state index in [0.29, 0.717) is 16.3 Å². The van der Waals surface area contributed by atoms with E-state index in [4.69, 9.17) is 4.42 Å². The maximum absolute atomic E-state index is 13.7. The number of aryl methyl sites for hydroxylation is 2. The molecule has 3 amide bonds. The Bertz CT molecular complexity index is 1150. The van der Waals surface area contributed by atoms with Gasteiger partial charge in [-0.05, 0) is 67.5 Å². The molecule has 2 heterocycles. The highest BCUT2D eigenvalue weighted by Gasteiger charge is 2.36. The van der Waals surface area contributed by atoms with E-state index in [1.54, 1.807) is 24.3 Å². The molecule has 1 aliphatic carbocycles. The fourth-order valence-electron chi connectivity index (χ4n) is 4.48. The van der Waals surface area contributed by atoms with Gasteiger partial charge in [0.1, 0.15) is 5.76 Å². The molecular formula is C27H31N3O4S. The lowest BCUT2D eigenvalue weighted by atomic mass is 9.95. The summed E-state index contributed by atoms with van der Waals surface area (Å²) in [4.78, 5) is 41.9. The first-order valence-corrected chi connectivity index (χ1v) is 12.9. The summed E-state index contributed by atoms with van der Waals surface area (Å²) in [7, 11) is 0. The van der Waals surface area contributed by atoms with Gasteiger partial charge in [-0.2, -0.15) is 0 Å². The van der Waals surface area contributed by atoms with Crippen molar-refractivity contribution in [2.45, 2.75) is 58.0 Å². The van der Waals surface area contributed by atoms with Crippen LogP contribution in [0.3, 0.4) is 0 Å². The number of hydrogen-bond acceptors (Lipinski definition) is 5. The number of anilines is 1. The lowest BCUT2D eigenvalue weighted by Gasteiger charge is -2.33. The minimum atomic E-state index is -1.00. The average molecular weight is 494 g/mol. The zero-order chi connectivity index (χ0) is 24.8. The minimum absolute atomic E-state index is 0.0720. The van der Waals surface area contributed by atoms with Gasteiger partial charge in [-0.15, -0.1) is 11.3 Å². The molecule has 0 bridgehead atoms. The van der Waals surface area contributed by atoms with Crippen molar-refractivity contribution in [3.63, 3.8) is 0 Å². The van der Waals surface area contributed by atoms with Gasteiger partial charge < -0.3 is 15.1 Å². The third-order valence-corrected chi connectivity index (χ3v) is 7.18. The molecule has 2 N–H and O–H groups in total. The second kappa shape index (κ2) is 11.4. The largest absolute Gasteiger partial charge is 0.467 e. The Hall–Kier alpha value is -3.39. The molecule has 8 heteroatoms. The number of carbonyl (C=O) groups excluding carboxylic acids is 3. The third kappa shape index (κ3) is 6.00. The van der Waals surface area contributed by atoms with E-state index in [-0.39, 0.29) is 24.4 Å². The van der Waals surface area contributed by atoms with E-state index in [9.17, 15) is 14.4 Å². The van der Waals surface area contributed by atoms with Gasteiger partial charge in [-0.25, -0.2) is 0 Å². The molecule has 4 rings (SSSR count). The highest BCUT2D eigenvalue weighted by Crippen LogP contribution is 2.32. The number of rotatable bonds is 8. The molecule has 0 aliphatic heterocycles. The van der Waals surface area contributed by atoms with Crippen molar-refractivity contribution in [1.82, 2.24) is 10.6 Å². The van der Waals surface area contributed by atoms with E-state index in [0.717, 1.165) is 36.8 Å². The molecule has 35 heavy (non-hydrogen) atoms. The normalized spacial score (nSPS) is 14.8. The number of nitrogens with zero attached hydrogens (tertiary/aromatic N) is 1. The molecule has 0 radical (unpaired) electrons. The molecule has 1 aromatic carbocycles. The number of amides is 3. The second-order valence-electron chi connectivity index (χ2n) is 8.98. The van der Waals surface area contributed by atoms with Crippen LogP contribution in [0.2, 0.25) is 0 Å². The quantitative estimate of drug-likeness (QED) is 0.466. The number of furan rings is 1. The first-order valence-electron chi connectivity index (χ1n) is 12.0. The van der Waals surface area contributed by atoms with Crippen LogP contribution in [-0.4, -0.2) is 30.3 Å². The van der Waals surface area contributed by atoms with Gasteiger partial charge in [0.25, 0.3) is 11.8 Å². The van der Waals surface area contributed by atoms with Crippen molar-refractivity contribution in [3.05, 3.63) is 75.9 Å². The summed E-state index contributed by atoms with van der Waals surface area (Å²) >= 11 is 1.30. The molecule has 0 saturated heterocycles. The number of hydrogen-bond donors (Lipinski definition) is 2. The van der Waals surface area contributed by atoms with Gasteiger partial charge >= 0.3 is 0 Å². The van der Waals surface area contributed by atoms with Crippen molar-refractivity contribution in [3.8, 4) is 0 Å². The molecule has 0 spiro atoms. The SMILES string of the molecule is Cc1ccc(C)c(N(C(=O)CNC(=O)c2cccs2)[C@@H](C(=O)NC2CCCCC2)c2ccco2)c1.